The summed E-state index contributed by atoms with van der Waals surface area (Å²) in [5.74, 6) is -1.38. The molecule has 1 amide bonds. The lowest BCUT2D eigenvalue weighted by Crippen LogP contribution is -2.35. The topological polar surface area (TPSA) is 46.3 Å². The molecule has 5 heteroatoms. The molecule has 3 unspecified atom stereocenters. The first-order chi connectivity index (χ1) is 10.3. The molecule has 3 nitrogen and oxygen atoms in total. The van der Waals surface area contributed by atoms with Gasteiger partial charge in [0.1, 0.15) is 0 Å². The number of carbonyl (C=O) groups excluding carboxylic acids is 1. The fourth-order valence-electron chi connectivity index (χ4n) is 2.65. The zero-order valence-electron chi connectivity index (χ0n) is 13.4. The molecule has 2 rings (SSSR count). The van der Waals surface area contributed by atoms with Gasteiger partial charge in [-0.05, 0) is 42.4 Å². The summed E-state index contributed by atoms with van der Waals surface area (Å²) in [6, 6.07) is 3.96. The van der Waals surface area contributed by atoms with Crippen LogP contribution in [0.25, 0.3) is 0 Å². The summed E-state index contributed by atoms with van der Waals surface area (Å²) >= 11 is 0. The molecule has 0 saturated heterocycles. The Bertz CT molecular complexity index is 547. The maximum atomic E-state index is 13.3. The largest absolute Gasteiger partial charge is 0.345 e. The van der Waals surface area contributed by atoms with Crippen LogP contribution < -0.4 is 5.73 Å². The Morgan fingerprint density at radius 3 is 2.64 bits per heavy atom. The number of nitrogens with zero attached hydrogens (tertiary/aromatic N) is 1. The van der Waals surface area contributed by atoms with E-state index in [0.717, 1.165) is 12.5 Å². The van der Waals surface area contributed by atoms with Crippen LogP contribution in [-0.4, -0.2) is 30.4 Å². The number of carbonyl (C=O) groups is 1. The van der Waals surface area contributed by atoms with E-state index in [4.69, 9.17) is 5.73 Å². The van der Waals surface area contributed by atoms with Gasteiger partial charge in [-0.15, -0.1) is 0 Å². The van der Waals surface area contributed by atoms with Crippen molar-refractivity contribution in [2.45, 2.75) is 38.6 Å². The molecule has 0 spiro atoms. The third-order valence-corrected chi connectivity index (χ3v) is 4.51. The van der Waals surface area contributed by atoms with Gasteiger partial charge in [0.25, 0.3) is 0 Å². The van der Waals surface area contributed by atoms with Crippen molar-refractivity contribution in [2.24, 2.45) is 17.6 Å². The molecule has 1 aliphatic carbocycles. The van der Waals surface area contributed by atoms with E-state index in [9.17, 15) is 13.6 Å². The fourth-order valence-corrected chi connectivity index (χ4v) is 2.65. The van der Waals surface area contributed by atoms with Gasteiger partial charge in [0, 0.05) is 25.6 Å². The quantitative estimate of drug-likeness (QED) is 0.878. The number of hydrogen-bond acceptors (Lipinski definition) is 2. The molecule has 122 valence electrons. The number of rotatable bonds is 6. The van der Waals surface area contributed by atoms with E-state index >= 15 is 0 Å². The van der Waals surface area contributed by atoms with E-state index in [1.165, 1.54) is 6.07 Å². The summed E-state index contributed by atoms with van der Waals surface area (Å²) in [4.78, 5) is 14.0. The van der Waals surface area contributed by atoms with Crippen molar-refractivity contribution in [3.63, 3.8) is 0 Å². The molecule has 3 atom stereocenters. The minimum atomic E-state index is -0.855. The van der Waals surface area contributed by atoms with Crippen molar-refractivity contribution >= 4 is 5.91 Å². The van der Waals surface area contributed by atoms with Crippen LogP contribution in [0.3, 0.4) is 0 Å². The van der Waals surface area contributed by atoms with Crippen LogP contribution >= 0.6 is 0 Å². The van der Waals surface area contributed by atoms with Gasteiger partial charge < -0.3 is 10.6 Å². The minimum Gasteiger partial charge on any atom is -0.345 e. The lowest BCUT2D eigenvalue weighted by Gasteiger charge is -2.21. The smallest absolute Gasteiger partial charge is 0.226 e. The van der Waals surface area contributed by atoms with E-state index in [1.54, 1.807) is 18.0 Å². The average Bonchev–Trinajstić information content (AvgIpc) is 3.26. The Balaban J connectivity index is 1.88. The van der Waals surface area contributed by atoms with E-state index < -0.39 is 11.6 Å². The molecule has 0 aliphatic heterocycles. The number of benzene rings is 1. The normalized spacial score (nSPS) is 21.8. The standard InChI is InChI=1S/C17H24F2N2O/c1-10(2)16(20)6-7-21(3)17(22)13-9-12(13)11-4-5-14(18)15(19)8-11/h4-5,8,10,12-13,16H,6-7,9,20H2,1-3H3. The SMILES string of the molecule is CC(C)C(N)CCN(C)C(=O)C1CC1c1ccc(F)c(F)c1. The second-order valence-corrected chi connectivity index (χ2v) is 6.58. The molecule has 1 saturated carbocycles. The predicted molar refractivity (Wildman–Crippen MR) is 82.3 cm³/mol. The van der Waals surface area contributed by atoms with Gasteiger partial charge in [-0.1, -0.05) is 19.9 Å². The monoisotopic (exact) mass is 310 g/mol. The van der Waals surface area contributed by atoms with E-state index in [1.807, 2.05) is 0 Å². The van der Waals surface area contributed by atoms with Crippen molar-refractivity contribution in [3.05, 3.63) is 35.4 Å². The summed E-state index contributed by atoms with van der Waals surface area (Å²) in [6.45, 7) is 4.75. The number of amides is 1. The van der Waals surface area contributed by atoms with Crippen LogP contribution in [-0.2, 0) is 4.79 Å². The lowest BCUT2D eigenvalue weighted by molar-refractivity contribution is -0.131. The van der Waals surface area contributed by atoms with Crippen LogP contribution in [0.15, 0.2) is 18.2 Å². The Hall–Kier alpha value is -1.49. The molecule has 0 aromatic heterocycles. The highest BCUT2D eigenvalue weighted by Gasteiger charge is 2.45. The lowest BCUT2D eigenvalue weighted by atomic mass is 10.0. The second kappa shape index (κ2) is 6.73. The van der Waals surface area contributed by atoms with Gasteiger partial charge in [0.05, 0.1) is 0 Å². The highest BCUT2D eigenvalue weighted by Crippen LogP contribution is 2.48. The van der Waals surface area contributed by atoms with Crippen LogP contribution in [0, 0.1) is 23.5 Å². The zero-order chi connectivity index (χ0) is 16.4. The van der Waals surface area contributed by atoms with Gasteiger partial charge in [-0.25, -0.2) is 8.78 Å². The number of halogens is 2. The van der Waals surface area contributed by atoms with Crippen LogP contribution in [0.1, 0.15) is 38.2 Å². The predicted octanol–water partition coefficient (Wildman–Crippen LogP) is 2.90. The first-order valence-corrected chi connectivity index (χ1v) is 7.76. The van der Waals surface area contributed by atoms with Crippen LogP contribution in [0.2, 0.25) is 0 Å². The van der Waals surface area contributed by atoms with Crippen LogP contribution in [0.5, 0.6) is 0 Å². The van der Waals surface area contributed by atoms with Crippen molar-refractivity contribution in [1.29, 1.82) is 0 Å². The maximum absolute atomic E-state index is 13.3. The highest BCUT2D eigenvalue weighted by molar-refractivity contribution is 5.82. The Kier molecular flexibility index (Phi) is 5.16. The summed E-state index contributed by atoms with van der Waals surface area (Å²) in [5, 5.41) is 0. The van der Waals surface area contributed by atoms with Crippen molar-refractivity contribution < 1.29 is 13.6 Å². The molecule has 1 aromatic carbocycles. The molecule has 1 aliphatic rings. The van der Waals surface area contributed by atoms with Gasteiger partial charge in [0.15, 0.2) is 11.6 Å². The highest BCUT2D eigenvalue weighted by atomic mass is 19.2. The van der Waals surface area contributed by atoms with Gasteiger partial charge in [0.2, 0.25) is 5.91 Å². The zero-order valence-corrected chi connectivity index (χ0v) is 13.4. The Morgan fingerprint density at radius 1 is 1.36 bits per heavy atom. The summed E-state index contributed by atoms with van der Waals surface area (Å²) in [7, 11) is 1.77. The second-order valence-electron chi connectivity index (χ2n) is 6.58. The summed E-state index contributed by atoms with van der Waals surface area (Å²) in [5.41, 5.74) is 6.69. The molecule has 1 aromatic rings. The molecule has 0 heterocycles. The molecular formula is C17H24F2N2O. The molecule has 0 radical (unpaired) electrons. The number of hydrogen-bond donors (Lipinski definition) is 1. The van der Waals surface area contributed by atoms with E-state index in [2.05, 4.69) is 13.8 Å². The fraction of sp³-hybridized carbons (Fsp3) is 0.588. The average molecular weight is 310 g/mol. The van der Waals surface area contributed by atoms with Crippen LogP contribution in [0.4, 0.5) is 8.78 Å². The van der Waals surface area contributed by atoms with Gasteiger partial charge in [-0.2, -0.15) is 0 Å². The Labute approximate surface area is 130 Å². The third kappa shape index (κ3) is 3.83. The summed E-state index contributed by atoms with van der Waals surface area (Å²) < 4.78 is 26.2. The molecule has 0 bridgehead atoms. The third-order valence-electron chi connectivity index (χ3n) is 4.51. The Morgan fingerprint density at radius 2 is 2.05 bits per heavy atom. The number of nitrogens with two attached hydrogens (primary N) is 1. The molecule has 1 fully saturated rings. The first-order valence-electron chi connectivity index (χ1n) is 7.76. The molecule has 22 heavy (non-hydrogen) atoms. The minimum absolute atomic E-state index is 0.00354. The first kappa shape index (κ1) is 16.9. The van der Waals surface area contributed by atoms with Gasteiger partial charge >= 0.3 is 0 Å². The van der Waals surface area contributed by atoms with Gasteiger partial charge in [-0.3, -0.25) is 4.79 Å². The maximum Gasteiger partial charge on any atom is 0.226 e. The van der Waals surface area contributed by atoms with Crippen molar-refractivity contribution in [2.75, 3.05) is 13.6 Å². The van der Waals surface area contributed by atoms with Crippen molar-refractivity contribution in [1.82, 2.24) is 4.90 Å². The summed E-state index contributed by atoms with van der Waals surface area (Å²) in [6.07, 6.45) is 1.47. The van der Waals surface area contributed by atoms with E-state index in [0.29, 0.717) is 24.4 Å². The molecule has 2 N–H and O–H groups in total. The van der Waals surface area contributed by atoms with E-state index in [-0.39, 0.29) is 23.8 Å². The van der Waals surface area contributed by atoms with Crippen molar-refractivity contribution in [3.8, 4) is 0 Å². The molecular weight excluding hydrogens is 286 g/mol.